The number of likely N-dealkylation sites (tertiary alicyclic amines) is 1. The summed E-state index contributed by atoms with van der Waals surface area (Å²) in [4.78, 5) is 17.9. The van der Waals surface area contributed by atoms with Crippen LogP contribution >= 0.6 is 0 Å². The van der Waals surface area contributed by atoms with Crippen molar-refractivity contribution in [1.29, 1.82) is 0 Å². The van der Waals surface area contributed by atoms with Gasteiger partial charge in [-0.3, -0.25) is 9.79 Å². The Labute approximate surface area is 143 Å². The highest BCUT2D eigenvalue weighted by atomic mass is 16.2. The van der Waals surface area contributed by atoms with Crippen molar-refractivity contribution < 1.29 is 4.79 Å². The molecule has 128 valence electrons. The summed E-state index contributed by atoms with van der Waals surface area (Å²) in [6.45, 7) is 2.35. The Morgan fingerprint density at radius 1 is 1.21 bits per heavy atom. The number of amides is 1. The van der Waals surface area contributed by atoms with E-state index in [9.17, 15) is 4.79 Å². The van der Waals surface area contributed by atoms with E-state index in [1.54, 1.807) is 7.05 Å². The topological polar surface area (TPSA) is 56.7 Å². The maximum atomic E-state index is 11.7. The van der Waals surface area contributed by atoms with Crippen LogP contribution in [0, 0.1) is 0 Å². The van der Waals surface area contributed by atoms with E-state index in [1.807, 2.05) is 4.90 Å². The molecule has 1 saturated heterocycles. The van der Waals surface area contributed by atoms with Crippen LogP contribution in [-0.4, -0.2) is 36.4 Å². The third-order valence-corrected chi connectivity index (χ3v) is 4.60. The number of carbonyl (C=O) groups excluding carboxylic acids is 1. The molecule has 0 atom stereocenters. The highest BCUT2D eigenvalue weighted by Gasteiger charge is 2.19. The molecule has 1 aromatic carbocycles. The van der Waals surface area contributed by atoms with Crippen molar-refractivity contribution in [2.75, 3.05) is 13.6 Å². The van der Waals surface area contributed by atoms with Gasteiger partial charge in [-0.25, -0.2) is 0 Å². The first kappa shape index (κ1) is 16.6. The molecular weight excluding hydrogens is 300 g/mol. The van der Waals surface area contributed by atoms with Gasteiger partial charge in [0.2, 0.25) is 5.91 Å². The highest BCUT2D eigenvalue weighted by Crippen LogP contribution is 2.15. The van der Waals surface area contributed by atoms with Crippen molar-refractivity contribution in [3.05, 3.63) is 47.5 Å². The second kappa shape index (κ2) is 7.99. The normalized spacial score (nSPS) is 18.5. The van der Waals surface area contributed by atoms with E-state index in [0.717, 1.165) is 44.9 Å². The van der Waals surface area contributed by atoms with E-state index in [0.29, 0.717) is 12.5 Å². The van der Waals surface area contributed by atoms with E-state index in [4.69, 9.17) is 0 Å². The van der Waals surface area contributed by atoms with E-state index in [2.05, 4.69) is 52.0 Å². The number of benzene rings is 1. The number of guanidine groups is 1. The predicted molar refractivity (Wildman–Crippen MR) is 96.6 cm³/mol. The zero-order chi connectivity index (χ0) is 16.8. The lowest BCUT2D eigenvalue weighted by Crippen LogP contribution is -2.42. The van der Waals surface area contributed by atoms with Gasteiger partial charge in [0, 0.05) is 39.1 Å². The molecule has 5 nitrogen and oxygen atoms in total. The maximum Gasteiger partial charge on any atom is 0.222 e. The maximum absolute atomic E-state index is 11.7. The van der Waals surface area contributed by atoms with Gasteiger partial charge in [0.15, 0.2) is 5.96 Å². The highest BCUT2D eigenvalue weighted by molar-refractivity contribution is 5.80. The summed E-state index contributed by atoms with van der Waals surface area (Å²) in [5.41, 5.74) is 2.40. The van der Waals surface area contributed by atoms with Gasteiger partial charge in [0.1, 0.15) is 0 Å². The van der Waals surface area contributed by atoms with Crippen molar-refractivity contribution >= 4 is 11.9 Å². The summed E-state index contributed by atoms with van der Waals surface area (Å²) >= 11 is 0. The fraction of sp³-hybridized carbons (Fsp3) is 0.474. The van der Waals surface area contributed by atoms with Crippen molar-refractivity contribution in [3.8, 4) is 0 Å². The smallest absolute Gasteiger partial charge is 0.222 e. The van der Waals surface area contributed by atoms with Crippen LogP contribution in [0.25, 0.3) is 0 Å². The average Bonchev–Trinajstić information content (AvgIpc) is 3.25. The van der Waals surface area contributed by atoms with Gasteiger partial charge in [-0.05, 0) is 30.4 Å². The molecule has 1 amide bonds. The third-order valence-electron chi connectivity index (χ3n) is 4.60. The summed E-state index contributed by atoms with van der Waals surface area (Å²) in [5.74, 6) is 1.12. The van der Waals surface area contributed by atoms with Crippen LogP contribution in [0.1, 0.15) is 36.8 Å². The number of hydrogen-bond acceptors (Lipinski definition) is 2. The summed E-state index contributed by atoms with van der Waals surface area (Å²) < 4.78 is 0. The van der Waals surface area contributed by atoms with Gasteiger partial charge >= 0.3 is 0 Å². The van der Waals surface area contributed by atoms with E-state index in [1.165, 1.54) is 11.1 Å². The fourth-order valence-electron chi connectivity index (χ4n) is 3.16. The lowest BCUT2D eigenvalue weighted by Gasteiger charge is -2.17. The standard InChI is InChI=1S/C19H26N4O/c1-20-19(22-17-5-2-3-6-17)21-13-15-8-10-16(11-9-15)14-23-12-4-7-18(23)24/h2-3,8-11,17H,4-7,12-14H2,1H3,(H2,20,21,22). The lowest BCUT2D eigenvalue weighted by molar-refractivity contribution is -0.128. The lowest BCUT2D eigenvalue weighted by atomic mass is 10.1. The molecule has 0 spiro atoms. The molecule has 0 unspecified atom stereocenters. The molecule has 24 heavy (non-hydrogen) atoms. The Balaban J connectivity index is 1.47. The molecule has 1 aliphatic heterocycles. The number of hydrogen-bond donors (Lipinski definition) is 2. The molecule has 0 aromatic heterocycles. The molecule has 3 rings (SSSR count). The van der Waals surface area contributed by atoms with Gasteiger partial charge in [0.25, 0.3) is 0 Å². The minimum atomic E-state index is 0.275. The number of nitrogens with zero attached hydrogens (tertiary/aromatic N) is 2. The minimum absolute atomic E-state index is 0.275. The Morgan fingerprint density at radius 2 is 1.92 bits per heavy atom. The summed E-state index contributed by atoms with van der Waals surface area (Å²) in [6, 6.07) is 8.91. The van der Waals surface area contributed by atoms with Crippen LogP contribution in [0.4, 0.5) is 0 Å². The van der Waals surface area contributed by atoms with Gasteiger partial charge < -0.3 is 15.5 Å². The predicted octanol–water partition coefficient (Wildman–Crippen LogP) is 2.19. The second-order valence-electron chi connectivity index (χ2n) is 6.45. The zero-order valence-electron chi connectivity index (χ0n) is 14.3. The fourth-order valence-corrected chi connectivity index (χ4v) is 3.16. The van der Waals surface area contributed by atoms with Crippen LogP contribution in [0.3, 0.4) is 0 Å². The van der Waals surface area contributed by atoms with Crippen molar-refractivity contribution in [2.24, 2.45) is 4.99 Å². The molecule has 0 bridgehead atoms. The first-order valence-corrected chi connectivity index (χ1v) is 8.72. The minimum Gasteiger partial charge on any atom is -0.353 e. The number of rotatable bonds is 5. The molecule has 1 aliphatic carbocycles. The Hall–Kier alpha value is -2.30. The molecular formula is C19H26N4O. The largest absolute Gasteiger partial charge is 0.353 e. The Kier molecular flexibility index (Phi) is 5.51. The van der Waals surface area contributed by atoms with Gasteiger partial charge in [-0.1, -0.05) is 36.4 Å². The molecule has 0 saturated carbocycles. The summed E-state index contributed by atoms with van der Waals surface area (Å²) in [5, 5.41) is 6.79. The molecule has 5 heteroatoms. The van der Waals surface area contributed by atoms with Crippen LogP contribution in [0.15, 0.2) is 41.4 Å². The van der Waals surface area contributed by atoms with E-state index >= 15 is 0 Å². The summed E-state index contributed by atoms with van der Waals surface area (Å²) in [6.07, 6.45) is 8.22. The number of nitrogens with one attached hydrogen (secondary N) is 2. The monoisotopic (exact) mass is 326 g/mol. The molecule has 2 aliphatic rings. The SMILES string of the molecule is CN=C(NCc1ccc(CN2CCCC2=O)cc1)NC1CC=CC1. The Morgan fingerprint density at radius 3 is 2.54 bits per heavy atom. The van der Waals surface area contributed by atoms with E-state index < -0.39 is 0 Å². The molecule has 1 heterocycles. The van der Waals surface area contributed by atoms with Gasteiger partial charge in [-0.2, -0.15) is 0 Å². The first-order valence-electron chi connectivity index (χ1n) is 8.72. The molecule has 2 N–H and O–H groups in total. The third kappa shape index (κ3) is 4.37. The zero-order valence-corrected chi connectivity index (χ0v) is 14.3. The number of aliphatic imine (C=N–C) groups is 1. The first-order chi connectivity index (χ1) is 11.7. The molecule has 0 radical (unpaired) electrons. The van der Waals surface area contributed by atoms with Crippen molar-refractivity contribution in [3.63, 3.8) is 0 Å². The van der Waals surface area contributed by atoms with Crippen molar-refractivity contribution in [2.45, 2.75) is 44.8 Å². The van der Waals surface area contributed by atoms with Crippen molar-refractivity contribution in [1.82, 2.24) is 15.5 Å². The summed E-state index contributed by atoms with van der Waals surface area (Å²) in [7, 11) is 1.80. The molecule has 1 aromatic rings. The number of carbonyl (C=O) groups is 1. The van der Waals surface area contributed by atoms with Gasteiger partial charge in [-0.15, -0.1) is 0 Å². The average molecular weight is 326 g/mol. The molecule has 1 fully saturated rings. The van der Waals surface area contributed by atoms with Crippen LogP contribution < -0.4 is 10.6 Å². The van der Waals surface area contributed by atoms with E-state index in [-0.39, 0.29) is 5.91 Å². The second-order valence-corrected chi connectivity index (χ2v) is 6.45. The van der Waals surface area contributed by atoms with Gasteiger partial charge in [0.05, 0.1) is 0 Å². The van der Waals surface area contributed by atoms with Crippen LogP contribution in [-0.2, 0) is 17.9 Å². The quantitative estimate of drug-likeness (QED) is 0.495. The Bertz CT molecular complexity index is 613. The van der Waals surface area contributed by atoms with Crippen LogP contribution in [0.5, 0.6) is 0 Å². The van der Waals surface area contributed by atoms with Crippen LogP contribution in [0.2, 0.25) is 0 Å².